The molecule has 1 rings (SSSR count). The van der Waals surface area contributed by atoms with Crippen molar-refractivity contribution in [3.8, 4) is 0 Å². The number of esters is 1. The molecule has 0 spiro atoms. The van der Waals surface area contributed by atoms with Crippen LogP contribution in [0.1, 0.15) is 33.1 Å². The summed E-state index contributed by atoms with van der Waals surface area (Å²) in [6.45, 7) is 10.5. The maximum Gasteiger partial charge on any atom is 0.320 e. The number of carbonyl (C=O) groups is 3. The number of carbonyl (C=O) groups excluding carboxylic acids is 3. The third kappa shape index (κ3) is 2.89. The second kappa shape index (κ2) is 6.66. The molecule has 2 atom stereocenters. The molecule has 21 heavy (non-hydrogen) atoms. The summed E-state index contributed by atoms with van der Waals surface area (Å²) in [5, 5.41) is 0. The largest absolute Gasteiger partial charge is 0.468 e. The second-order valence-electron chi connectivity index (χ2n) is 5.44. The van der Waals surface area contributed by atoms with E-state index in [0.717, 1.165) is 5.57 Å². The maximum absolute atomic E-state index is 12.8. The lowest BCUT2D eigenvalue weighted by atomic mass is 9.63. The molecular formula is C17H22O4. The van der Waals surface area contributed by atoms with Crippen molar-refractivity contribution in [1.82, 2.24) is 0 Å². The highest BCUT2D eigenvalue weighted by Crippen LogP contribution is 2.45. The summed E-state index contributed by atoms with van der Waals surface area (Å²) in [5.74, 6) is -1.44. The molecule has 0 N–H and O–H groups in total. The summed E-state index contributed by atoms with van der Waals surface area (Å²) in [7, 11) is 1.25. The second-order valence-corrected chi connectivity index (χ2v) is 5.44. The molecule has 0 fully saturated rings. The topological polar surface area (TPSA) is 60.4 Å². The lowest BCUT2D eigenvalue weighted by Crippen LogP contribution is -2.47. The zero-order valence-electron chi connectivity index (χ0n) is 12.9. The average Bonchev–Trinajstić information content (AvgIpc) is 2.43. The van der Waals surface area contributed by atoms with E-state index in [-0.39, 0.29) is 23.7 Å². The average molecular weight is 290 g/mol. The molecule has 1 aliphatic rings. The van der Waals surface area contributed by atoms with Gasteiger partial charge in [-0.1, -0.05) is 17.7 Å². The Morgan fingerprint density at radius 3 is 2.43 bits per heavy atom. The zero-order valence-corrected chi connectivity index (χ0v) is 12.9. The van der Waals surface area contributed by atoms with Crippen molar-refractivity contribution in [3.63, 3.8) is 0 Å². The molecule has 4 nitrogen and oxygen atoms in total. The van der Waals surface area contributed by atoms with E-state index in [0.29, 0.717) is 12.8 Å². The minimum atomic E-state index is -1.34. The summed E-state index contributed by atoms with van der Waals surface area (Å²) in [5.41, 5.74) is -0.485. The highest BCUT2D eigenvalue weighted by Gasteiger charge is 2.52. The molecule has 1 aliphatic carbocycles. The SMILES string of the molecule is C=CC[C@@H]1C[C@](CC=C)(C(=O)OC)C(=O)C(C(C)=O)=C1C. The Kier molecular flexibility index (Phi) is 5.41. The van der Waals surface area contributed by atoms with Gasteiger partial charge in [0, 0.05) is 0 Å². The van der Waals surface area contributed by atoms with Gasteiger partial charge in [0.05, 0.1) is 12.7 Å². The van der Waals surface area contributed by atoms with Crippen LogP contribution in [0.5, 0.6) is 0 Å². The number of Topliss-reactive ketones (excluding diaryl/α,β-unsaturated/α-hetero) is 2. The minimum Gasteiger partial charge on any atom is -0.468 e. The fraction of sp³-hybridized carbons (Fsp3) is 0.471. The first-order valence-electron chi connectivity index (χ1n) is 6.92. The molecule has 0 aromatic carbocycles. The van der Waals surface area contributed by atoms with Crippen LogP contribution in [-0.4, -0.2) is 24.6 Å². The number of hydrogen-bond acceptors (Lipinski definition) is 4. The van der Waals surface area contributed by atoms with Crippen molar-refractivity contribution in [2.45, 2.75) is 33.1 Å². The quantitative estimate of drug-likeness (QED) is 0.326. The summed E-state index contributed by atoms with van der Waals surface area (Å²) in [6.07, 6.45) is 4.34. The van der Waals surface area contributed by atoms with E-state index in [2.05, 4.69) is 13.2 Å². The number of allylic oxidation sites excluding steroid dienone is 4. The molecule has 0 saturated carbocycles. The van der Waals surface area contributed by atoms with Crippen LogP contribution in [0.15, 0.2) is 36.5 Å². The zero-order chi connectivity index (χ0) is 16.2. The van der Waals surface area contributed by atoms with E-state index in [9.17, 15) is 14.4 Å². The summed E-state index contributed by atoms with van der Waals surface area (Å²) < 4.78 is 4.84. The van der Waals surface area contributed by atoms with Crippen LogP contribution in [0.2, 0.25) is 0 Å². The van der Waals surface area contributed by atoms with Crippen LogP contribution in [0, 0.1) is 11.3 Å². The van der Waals surface area contributed by atoms with E-state index in [4.69, 9.17) is 4.74 Å². The van der Waals surface area contributed by atoms with Gasteiger partial charge in [0.1, 0.15) is 5.41 Å². The number of rotatable bonds is 6. The monoisotopic (exact) mass is 290 g/mol. The van der Waals surface area contributed by atoms with Gasteiger partial charge in [0.15, 0.2) is 11.6 Å². The summed E-state index contributed by atoms with van der Waals surface area (Å²) in [6, 6.07) is 0. The number of hydrogen-bond donors (Lipinski definition) is 0. The molecule has 0 saturated heterocycles. The molecule has 0 heterocycles. The number of methoxy groups -OCH3 is 1. The van der Waals surface area contributed by atoms with Crippen molar-refractivity contribution in [1.29, 1.82) is 0 Å². The van der Waals surface area contributed by atoms with Crippen LogP contribution >= 0.6 is 0 Å². The van der Waals surface area contributed by atoms with Gasteiger partial charge in [-0.25, -0.2) is 0 Å². The third-order valence-electron chi connectivity index (χ3n) is 4.14. The van der Waals surface area contributed by atoms with Gasteiger partial charge in [-0.05, 0) is 39.0 Å². The normalized spacial score (nSPS) is 25.5. The molecule has 0 aromatic rings. The smallest absolute Gasteiger partial charge is 0.320 e. The lowest BCUT2D eigenvalue weighted by Gasteiger charge is -2.37. The Morgan fingerprint density at radius 2 is 2.00 bits per heavy atom. The molecule has 0 aromatic heterocycles. The maximum atomic E-state index is 12.8. The van der Waals surface area contributed by atoms with Crippen molar-refractivity contribution >= 4 is 17.5 Å². The van der Waals surface area contributed by atoms with E-state index < -0.39 is 17.2 Å². The highest BCUT2D eigenvalue weighted by atomic mass is 16.5. The molecule has 0 unspecified atom stereocenters. The Morgan fingerprint density at radius 1 is 1.38 bits per heavy atom. The van der Waals surface area contributed by atoms with Gasteiger partial charge in [0.25, 0.3) is 0 Å². The molecule has 4 heteroatoms. The van der Waals surface area contributed by atoms with Crippen LogP contribution in [0.4, 0.5) is 0 Å². The first-order valence-corrected chi connectivity index (χ1v) is 6.92. The van der Waals surface area contributed by atoms with Crippen molar-refractivity contribution in [2.75, 3.05) is 7.11 Å². The van der Waals surface area contributed by atoms with E-state index >= 15 is 0 Å². The molecule has 0 aliphatic heterocycles. The van der Waals surface area contributed by atoms with Gasteiger partial charge in [-0.2, -0.15) is 0 Å². The Bertz CT molecular complexity index is 527. The van der Waals surface area contributed by atoms with E-state index in [1.807, 2.05) is 0 Å². The van der Waals surface area contributed by atoms with Crippen LogP contribution in [-0.2, 0) is 19.1 Å². The van der Waals surface area contributed by atoms with Crippen molar-refractivity contribution in [2.24, 2.45) is 11.3 Å². The number of ketones is 2. The van der Waals surface area contributed by atoms with E-state index in [1.165, 1.54) is 20.1 Å². The summed E-state index contributed by atoms with van der Waals surface area (Å²) in [4.78, 5) is 36.9. The standard InChI is InChI=1S/C17H22O4/c1-6-8-13-10-17(9-7-2,16(20)21-5)15(19)14(11(13)3)12(4)18/h6-7,13H,1-2,8-10H2,3-5H3/t13-,17+/m1/s1. The molecular weight excluding hydrogens is 268 g/mol. The Hall–Kier alpha value is -1.97. The van der Waals surface area contributed by atoms with Crippen LogP contribution in [0.25, 0.3) is 0 Å². The highest BCUT2D eigenvalue weighted by molar-refractivity contribution is 6.27. The fourth-order valence-corrected chi connectivity index (χ4v) is 3.06. The van der Waals surface area contributed by atoms with E-state index in [1.54, 1.807) is 13.0 Å². The predicted octanol–water partition coefficient (Wildman–Crippen LogP) is 2.79. The van der Waals surface area contributed by atoms with Crippen LogP contribution in [0.3, 0.4) is 0 Å². The van der Waals surface area contributed by atoms with Crippen molar-refractivity contribution in [3.05, 3.63) is 36.5 Å². The van der Waals surface area contributed by atoms with Gasteiger partial charge >= 0.3 is 5.97 Å². The lowest BCUT2D eigenvalue weighted by molar-refractivity contribution is -0.158. The van der Waals surface area contributed by atoms with Gasteiger partial charge in [-0.3, -0.25) is 14.4 Å². The summed E-state index contributed by atoms with van der Waals surface area (Å²) >= 11 is 0. The molecule has 114 valence electrons. The first-order chi connectivity index (χ1) is 9.85. The van der Waals surface area contributed by atoms with Gasteiger partial charge in [0.2, 0.25) is 0 Å². The fourth-order valence-electron chi connectivity index (χ4n) is 3.06. The van der Waals surface area contributed by atoms with Gasteiger partial charge in [-0.15, -0.1) is 13.2 Å². The Balaban J connectivity index is 3.51. The molecule has 0 bridgehead atoms. The predicted molar refractivity (Wildman–Crippen MR) is 80.6 cm³/mol. The first kappa shape index (κ1) is 17.1. The molecule has 0 radical (unpaired) electrons. The van der Waals surface area contributed by atoms with Gasteiger partial charge < -0.3 is 4.74 Å². The Labute approximate surface area is 125 Å². The third-order valence-corrected chi connectivity index (χ3v) is 4.14. The van der Waals surface area contributed by atoms with Crippen molar-refractivity contribution < 1.29 is 19.1 Å². The van der Waals surface area contributed by atoms with Crippen LogP contribution < -0.4 is 0 Å². The number of ether oxygens (including phenoxy) is 1. The molecule has 0 amide bonds. The minimum absolute atomic E-state index is 0.0712.